The van der Waals surface area contributed by atoms with E-state index in [0.717, 1.165) is 0 Å². The van der Waals surface area contributed by atoms with Gasteiger partial charge in [0.05, 0.1) is 12.0 Å². The Morgan fingerprint density at radius 2 is 2.00 bits per heavy atom. The van der Waals surface area contributed by atoms with Crippen LogP contribution in [0.2, 0.25) is 0 Å². The smallest absolute Gasteiger partial charge is 0.309 e. The third-order valence-corrected chi connectivity index (χ3v) is 3.00. The molecule has 0 aliphatic carbocycles. The van der Waals surface area contributed by atoms with Crippen LogP contribution in [0.15, 0.2) is 0 Å². The summed E-state index contributed by atoms with van der Waals surface area (Å²) in [7, 11) is 0. The number of aliphatic hydroxyl groups is 1. The van der Waals surface area contributed by atoms with Crippen molar-refractivity contribution in [1.29, 1.82) is 0 Å². The van der Waals surface area contributed by atoms with Crippen LogP contribution in [0.3, 0.4) is 0 Å². The molecule has 0 unspecified atom stereocenters. The Kier molecular flexibility index (Phi) is 4.14. The topological polar surface area (TPSA) is 46.5 Å². The number of aliphatic hydroxyl groups excluding tert-OH is 1. The minimum Gasteiger partial charge on any atom is -0.459 e. The van der Waals surface area contributed by atoms with Crippen molar-refractivity contribution in [2.45, 2.75) is 52.7 Å². The van der Waals surface area contributed by atoms with Crippen molar-refractivity contribution in [2.24, 2.45) is 17.8 Å². The number of carbonyl (C=O) groups excluding carboxylic acids is 1. The van der Waals surface area contributed by atoms with Crippen LogP contribution in [-0.4, -0.2) is 23.3 Å². The third-order valence-electron chi connectivity index (χ3n) is 3.00. The van der Waals surface area contributed by atoms with Gasteiger partial charge in [0.25, 0.3) is 0 Å². The van der Waals surface area contributed by atoms with Gasteiger partial charge in [-0.3, -0.25) is 4.79 Å². The van der Waals surface area contributed by atoms with E-state index in [1.165, 1.54) is 0 Å². The van der Waals surface area contributed by atoms with Crippen LogP contribution in [-0.2, 0) is 9.53 Å². The maximum Gasteiger partial charge on any atom is 0.309 e. The average Bonchev–Trinajstić information content (AvgIpc) is 2.46. The van der Waals surface area contributed by atoms with Crippen molar-refractivity contribution in [3.63, 3.8) is 0 Å². The number of hydrogen-bond donors (Lipinski definition) is 1. The lowest BCUT2D eigenvalue weighted by molar-refractivity contribution is -0.149. The number of carbonyl (C=O) groups is 1. The van der Waals surface area contributed by atoms with Crippen LogP contribution >= 0.6 is 0 Å². The average molecular weight is 214 g/mol. The van der Waals surface area contributed by atoms with Crippen LogP contribution in [0.25, 0.3) is 0 Å². The molecule has 0 aromatic heterocycles. The van der Waals surface area contributed by atoms with Crippen molar-refractivity contribution in [2.75, 3.05) is 0 Å². The number of esters is 1. The van der Waals surface area contributed by atoms with Crippen LogP contribution in [0, 0.1) is 17.8 Å². The molecule has 1 N–H and O–H groups in total. The Labute approximate surface area is 91.8 Å². The van der Waals surface area contributed by atoms with Gasteiger partial charge in [0.15, 0.2) is 0 Å². The molecule has 0 saturated carbocycles. The lowest BCUT2D eigenvalue weighted by Gasteiger charge is -2.18. The van der Waals surface area contributed by atoms with Crippen LogP contribution < -0.4 is 0 Å². The second-order valence-electron chi connectivity index (χ2n) is 5.26. The molecule has 0 bridgehead atoms. The Morgan fingerprint density at radius 3 is 2.40 bits per heavy atom. The first-order valence-electron chi connectivity index (χ1n) is 5.80. The van der Waals surface area contributed by atoms with E-state index in [4.69, 9.17) is 4.74 Å². The first kappa shape index (κ1) is 12.5. The second-order valence-corrected chi connectivity index (χ2v) is 5.26. The van der Waals surface area contributed by atoms with Gasteiger partial charge in [0.1, 0.15) is 6.10 Å². The molecule has 0 spiro atoms. The van der Waals surface area contributed by atoms with E-state index in [0.29, 0.717) is 24.7 Å². The number of cyclic esters (lactones) is 1. The Balaban J connectivity index is 2.50. The summed E-state index contributed by atoms with van der Waals surface area (Å²) >= 11 is 0. The summed E-state index contributed by atoms with van der Waals surface area (Å²) in [6, 6.07) is 0. The molecule has 1 fully saturated rings. The Hall–Kier alpha value is -0.570. The molecule has 3 heteroatoms. The molecule has 0 radical (unpaired) electrons. The highest BCUT2D eigenvalue weighted by Crippen LogP contribution is 2.30. The number of ether oxygens (including phenoxy) is 1. The van der Waals surface area contributed by atoms with Gasteiger partial charge in [0, 0.05) is 6.42 Å². The summed E-state index contributed by atoms with van der Waals surface area (Å²) in [6.07, 6.45) is 0.581. The minimum absolute atomic E-state index is 0.0307. The molecule has 15 heavy (non-hydrogen) atoms. The summed E-state index contributed by atoms with van der Waals surface area (Å²) in [5, 5.41) is 9.86. The molecular weight excluding hydrogens is 192 g/mol. The molecule has 1 saturated heterocycles. The van der Waals surface area contributed by atoms with Crippen LogP contribution in [0.1, 0.15) is 40.5 Å². The lowest BCUT2D eigenvalue weighted by atomic mass is 9.90. The SMILES string of the molecule is CC(C)C[C@H](O)[C@H]1C[C@@H](C(C)C)C(=O)O1. The zero-order valence-corrected chi connectivity index (χ0v) is 10.1. The van der Waals surface area contributed by atoms with E-state index >= 15 is 0 Å². The lowest BCUT2D eigenvalue weighted by Crippen LogP contribution is -2.27. The number of hydrogen-bond acceptors (Lipinski definition) is 3. The Bertz CT molecular complexity index is 223. The highest BCUT2D eigenvalue weighted by molar-refractivity contribution is 5.75. The molecule has 0 aromatic carbocycles. The first-order valence-corrected chi connectivity index (χ1v) is 5.80. The molecule has 3 atom stereocenters. The fourth-order valence-electron chi connectivity index (χ4n) is 2.05. The number of rotatable bonds is 4. The fraction of sp³-hybridized carbons (Fsp3) is 0.917. The standard InChI is InChI=1S/C12H22O3/c1-7(2)5-10(13)11-6-9(8(3)4)12(14)15-11/h7-11,13H,5-6H2,1-4H3/t9-,10-,11+/m0/s1. The van der Waals surface area contributed by atoms with E-state index in [1.807, 2.05) is 13.8 Å². The summed E-state index contributed by atoms with van der Waals surface area (Å²) in [4.78, 5) is 11.5. The quantitative estimate of drug-likeness (QED) is 0.728. The zero-order chi connectivity index (χ0) is 11.6. The van der Waals surface area contributed by atoms with E-state index in [2.05, 4.69) is 13.8 Å². The highest BCUT2D eigenvalue weighted by atomic mass is 16.6. The molecule has 0 aromatic rings. The first-order chi connectivity index (χ1) is 6.91. The normalized spacial score (nSPS) is 28.6. The molecule has 1 aliphatic heterocycles. The molecule has 1 heterocycles. The van der Waals surface area contributed by atoms with E-state index in [9.17, 15) is 9.90 Å². The summed E-state index contributed by atoms with van der Waals surface area (Å²) in [5.74, 6) is 0.556. The van der Waals surface area contributed by atoms with Crippen molar-refractivity contribution in [3.05, 3.63) is 0 Å². The monoisotopic (exact) mass is 214 g/mol. The van der Waals surface area contributed by atoms with Gasteiger partial charge in [0.2, 0.25) is 0 Å². The van der Waals surface area contributed by atoms with Crippen molar-refractivity contribution in [3.8, 4) is 0 Å². The molecule has 1 rings (SSSR count). The largest absolute Gasteiger partial charge is 0.459 e. The molecule has 1 aliphatic rings. The van der Waals surface area contributed by atoms with Crippen LogP contribution in [0.4, 0.5) is 0 Å². The summed E-state index contributed by atoms with van der Waals surface area (Å²) in [6.45, 7) is 8.14. The van der Waals surface area contributed by atoms with Gasteiger partial charge in [-0.2, -0.15) is 0 Å². The Morgan fingerprint density at radius 1 is 1.40 bits per heavy atom. The fourth-order valence-corrected chi connectivity index (χ4v) is 2.05. The third kappa shape index (κ3) is 3.20. The van der Waals surface area contributed by atoms with Gasteiger partial charge < -0.3 is 9.84 Å². The molecule has 0 amide bonds. The minimum atomic E-state index is -0.502. The predicted octanol–water partition coefficient (Wildman–Crippen LogP) is 1.98. The van der Waals surface area contributed by atoms with E-state index < -0.39 is 6.10 Å². The maximum atomic E-state index is 11.5. The highest BCUT2D eigenvalue weighted by Gasteiger charge is 2.39. The molecule has 3 nitrogen and oxygen atoms in total. The van der Waals surface area contributed by atoms with E-state index in [-0.39, 0.29) is 18.0 Å². The maximum absolute atomic E-state index is 11.5. The molecule has 88 valence electrons. The van der Waals surface area contributed by atoms with Gasteiger partial charge >= 0.3 is 5.97 Å². The van der Waals surface area contributed by atoms with Gasteiger partial charge in [-0.25, -0.2) is 0 Å². The van der Waals surface area contributed by atoms with Gasteiger partial charge in [-0.05, 0) is 18.3 Å². The van der Waals surface area contributed by atoms with E-state index in [1.54, 1.807) is 0 Å². The van der Waals surface area contributed by atoms with Crippen molar-refractivity contribution < 1.29 is 14.6 Å². The summed E-state index contributed by atoms with van der Waals surface area (Å²) < 4.78 is 5.21. The van der Waals surface area contributed by atoms with Gasteiger partial charge in [-0.1, -0.05) is 27.7 Å². The van der Waals surface area contributed by atoms with Crippen molar-refractivity contribution >= 4 is 5.97 Å². The summed E-state index contributed by atoms with van der Waals surface area (Å²) in [5.41, 5.74) is 0. The van der Waals surface area contributed by atoms with Gasteiger partial charge in [-0.15, -0.1) is 0 Å². The predicted molar refractivity (Wildman–Crippen MR) is 58.3 cm³/mol. The van der Waals surface area contributed by atoms with Crippen molar-refractivity contribution in [1.82, 2.24) is 0 Å². The zero-order valence-electron chi connectivity index (χ0n) is 10.1. The second kappa shape index (κ2) is 4.97. The van der Waals surface area contributed by atoms with Crippen LogP contribution in [0.5, 0.6) is 0 Å². The molecular formula is C12H22O3.